The molecule has 0 saturated heterocycles. The van der Waals surface area contributed by atoms with E-state index in [9.17, 15) is 14.9 Å². The van der Waals surface area contributed by atoms with Crippen LogP contribution in [0, 0.1) is 10.1 Å². The SMILES string of the molecule is O=C(/C=C/c1ccc([N+](=O)[O-])o1)c1ccncc1. The highest BCUT2D eigenvalue weighted by molar-refractivity contribution is 6.06. The standard InChI is InChI=1S/C12H8N2O4/c15-11(9-5-7-13-8-6-9)3-1-10-2-4-12(18-10)14(16)17/h1-8H/b3-1+. The number of carbonyl (C=O) groups excluding carboxylic acids is 1. The lowest BCUT2D eigenvalue weighted by Crippen LogP contribution is -1.93. The van der Waals surface area contributed by atoms with Gasteiger partial charge in [-0.2, -0.15) is 0 Å². The summed E-state index contributed by atoms with van der Waals surface area (Å²) in [4.78, 5) is 25.2. The van der Waals surface area contributed by atoms with Crippen molar-refractivity contribution < 1.29 is 14.1 Å². The number of carbonyl (C=O) groups is 1. The number of pyridine rings is 1. The summed E-state index contributed by atoms with van der Waals surface area (Å²) < 4.78 is 4.88. The monoisotopic (exact) mass is 244 g/mol. The molecule has 90 valence electrons. The van der Waals surface area contributed by atoms with Crippen LogP contribution in [0.5, 0.6) is 0 Å². The summed E-state index contributed by atoms with van der Waals surface area (Å²) in [6.45, 7) is 0. The molecule has 6 heteroatoms. The van der Waals surface area contributed by atoms with Crippen LogP contribution in [0.25, 0.3) is 6.08 Å². The van der Waals surface area contributed by atoms with Gasteiger partial charge in [0.2, 0.25) is 0 Å². The second-order valence-electron chi connectivity index (χ2n) is 3.37. The summed E-state index contributed by atoms with van der Waals surface area (Å²) in [5.74, 6) is -0.327. The van der Waals surface area contributed by atoms with Crippen LogP contribution < -0.4 is 0 Å². The Morgan fingerprint density at radius 1 is 1.28 bits per heavy atom. The maximum atomic E-state index is 11.7. The maximum absolute atomic E-state index is 11.7. The first-order chi connectivity index (χ1) is 8.66. The van der Waals surface area contributed by atoms with E-state index in [4.69, 9.17) is 4.42 Å². The van der Waals surface area contributed by atoms with E-state index < -0.39 is 4.92 Å². The molecule has 2 rings (SSSR count). The molecule has 0 saturated carbocycles. The lowest BCUT2D eigenvalue weighted by atomic mass is 10.1. The smallest absolute Gasteiger partial charge is 0.401 e. The van der Waals surface area contributed by atoms with Crippen molar-refractivity contribution in [3.05, 3.63) is 64.2 Å². The zero-order valence-electron chi connectivity index (χ0n) is 9.15. The molecule has 0 aliphatic carbocycles. The van der Waals surface area contributed by atoms with Gasteiger partial charge < -0.3 is 4.42 Å². The molecule has 18 heavy (non-hydrogen) atoms. The van der Waals surface area contributed by atoms with Gasteiger partial charge in [-0.3, -0.25) is 19.9 Å². The van der Waals surface area contributed by atoms with Crippen LogP contribution in [0.1, 0.15) is 16.1 Å². The van der Waals surface area contributed by atoms with Crippen LogP contribution in [0.3, 0.4) is 0 Å². The number of nitro groups is 1. The molecular weight excluding hydrogens is 236 g/mol. The number of hydrogen-bond donors (Lipinski definition) is 0. The molecule has 0 aromatic carbocycles. The molecule has 2 aromatic rings. The maximum Gasteiger partial charge on any atom is 0.433 e. The van der Waals surface area contributed by atoms with Gasteiger partial charge in [-0.25, -0.2) is 0 Å². The topological polar surface area (TPSA) is 86.2 Å². The molecule has 2 aromatic heterocycles. The number of rotatable bonds is 4. The van der Waals surface area contributed by atoms with Crippen LogP contribution in [-0.4, -0.2) is 15.7 Å². The highest BCUT2D eigenvalue weighted by Gasteiger charge is 2.10. The van der Waals surface area contributed by atoms with Crippen molar-refractivity contribution in [2.75, 3.05) is 0 Å². The number of nitrogens with zero attached hydrogens (tertiary/aromatic N) is 2. The third-order valence-electron chi connectivity index (χ3n) is 2.16. The first kappa shape index (κ1) is 11.7. The van der Waals surface area contributed by atoms with Crippen LogP contribution in [-0.2, 0) is 0 Å². The molecule has 0 fully saturated rings. The molecule has 0 amide bonds. The Hall–Kier alpha value is -2.76. The van der Waals surface area contributed by atoms with Gasteiger partial charge in [0, 0.05) is 18.0 Å². The minimum Gasteiger partial charge on any atom is -0.401 e. The zero-order valence-corrected chi connectivity index (χ0v) is 9.15. The second kappa shape index (κ2) is 5.05. The van der Waals surface area contributed by atoms with E-state index in [-0.39, 0.29) is 17.4 Å². The third-order valence-corrected chi connectivity index (χ3v) is 2.16. The molecule has 0 radical (unpaired) electrons. The Balaban J connectivity index is 2.11. The molecule has 6 nitrogen and oxygen atoms in total. The Morgan fingerprint density at radius 2 is 2.00 bits per heavy atom. The Bertz CT molecular complexity index is 602. The summed E-state index contributed by atoms with van der Waals surface area (Å²) in [5.41, 5.74) is 0.488. The van der Waals surface area contributed by atoms with Gasteiger partial charge in [0.25, 0.3) is 0 Å². The fourth-order valence-corrected chi connectivity index (χ4v) is 1.30. The van der Waals surface area contributed by atoms with Crippen molar-refractivity contribution in [2.45, 2.75) is 0 Å². The van der Waals surface area contributed by atoms with E-state index in [0.717, 1.165) is 0 Å². The Labute approximate surface area is 102 Å². The van der Waals surface area contributed by atoms with Crippen LogP contribution in [0.2, 0.25) is 0 Å². The van der Waals surface area contributed by atoms with Crippen molar-refractivity contribution in [1.82, 2.24) is 4.98 Å². The van der Waals surface area contributed by atoms with Crippen molar-refractivity contribution in [3.8, 4) is 0 Å². The summed E-state index contributed by atoms with van der Waals surface area (Å²) in [6.07, 6.45) is 5.70. The lowest BCUT2D eigenvalue weighted by Gasteiger charge is -1.92. The van der Waals surface area contributed by atoms with E-state index in [1.165, 1.54) is 36.7 Å². The fourth-order valence-electron chi connectivity index (χ4n) is 1.30. The largest absolute Gasteiger partial charge is 0.433 e. The molecule has 0 N–H and O–H groups in total. The summed E-state index contributed by atoms with van der Waals surface area (Å²) in [5, 5.41) is 10.4. The molecule has 0 unspecified atom stereocenters. The third kappa shape index (κ3) is 2.67. The van der Waals surface area contributed by atoms with Gasteiger partial charge >= 0.3 is 5.88 Å². The lowest BCUT2D eigenvalue weighted by molar-refractivity contribution is -0.402. The fraction of sp³-hybridized carbons (Fsp3) is 0. The highest BCUT2D eigenvalue weighted by Crippen LogP contribution is 2.16. The molecule has 0 atom stereocenters. The number of allylic oxidation sites excluding steroid dienone is 1. The van der Waals surface area contributed by atoms with Gasteiger partial charge in [-0.05, 0) is 30.4 Å². The summed E-state index contributed by atoms with van der Waals surface area (Å²) >= 11 is 0. The van der Waals surface area contributed by atoms with E-state index in [2.05, 4.69) is 4.98 Å². The molecule has 0 spiro atoms. The van der Waals surface area contributed by atoms with Gasteiger partial charge in [0.05, 0.1) is 6.07 Å². The van der Waals surface area contributed by atoms with Crippen molar-refractivity contribution in [2.24, 2.45) is 0 Å². The van der Waals surface area contributed by atoms with Gasteiger partial charge in [-0.15, -0.1) is 0 Å². The number of furan rings is 1. The van der Waals surface area contributed by atoms with Gasteiger partial charge in [0.15, 0.2) is 5.78 Å². The first-order valence-corrected chi connectivity index (χ1v) is 5.03. The zero-order chi connectivity index (χ0) is 13.0. The Kier molecular flexibility index (Phi) is 3.29. The number of aromatic nitrogens is 1. The molecular formula is C12H8N2O4. The van der Waals surface area contributed by atoms with Gasteiger partial charge in [-0.1, -0.05) is 0 Å². The summed E-state index contributed by atoms with van der Waals surface area (Å²) in [7, 11) is 0. The van der Waals surface area contributed by atoms with E-state index in [0.29, 0.717) is 5.56 Å². The van der Waals surface area contributed by atoms with Crippen molar-refractivity contribution in [3.63, 3.8) is 0 Å². The molecule has 0 aliphatic heterocycles. The Morgan fingerprint density at radius 3 is 2.61 bits per heavy atom. The molecule has 0 aliphatic rings. The van der Waals surface area contributed by atoms with Crippen LogP contribution >= 0.6 is 0 Å². The molecule has 2 heterocycles. The molecule has 0 bridgehead atoms. The predicted molar refractivity (Wildman–Crippen MR) is 63.0 cm³/mol. The minimum absolute atomic E-state index is 0.226. The predicted octanol–water partition coefficient (Wildman–Crippen LogP) is 2.48. The van der Waals surface area contributed by atoms with Crippen LogP contribution in [0.15, 0.2) is 47.2 Å². The average Bonchev–Trinajstić information content (AvgIpc) is 2.86. The van der Waals surface area contributed by atoms with E-state index >= 15 is 0 Å². The van der Waals surface area contributed by atoms with Crippen molar-refractivity contribution >= 4 is 17.7 Å². The van der Waals surface area contributed by atoms with Gasteiger partial charge in [0.1, 0.15) is 10.7 Å². The average molecular weight is 244 g/mol. The first-order valence-electron chi connectivity index (χ1n) is 5.03. The number of ketones is 1. The minimum atomic E-state index is -0.637. The normalized spacial score (nSPS) is 10.7. The van der Waals surface area contributed by atoms with Crippen molar-refractivity contribution in [1.29, 1.82) is 0 Å². The second-order valence-corrected chi connectivity index (χ2v) is 3.37. The number of hydrogen-bond acceptors (Lipinski definition) is 5. The van der Waals surface area contributed by atoms with E-state index in [1.807, 2.05) is 0 Å². The quantitative estimate of drug-likeness (QED) is 0.357. The van der Waals surface area contributed by atoms with Crippen LogP contribution in [0.4, 0.5) is 5.88 Å². The highest BCUT2D eigenvalue weighted by atomic mass is 16.6. The van der Waals surface area contributed by atoms with E-state index in [1.54, 1.807) is 12.1 Å². The summed E-state index contributed by atoms with van der Waals surface area (Å²) in [6, 6.07) is 5.82.